The van der Waals surface area contributed by atoms with E-state index in [4.69, 9.17) is 5.11 Å². The molecule has 0 atom stereocenters. The van der Waals surface area contributed by atoms with E-state index in [0.29, 0.717) is 6.07 Å². The van der Waals surface area contributed by atoms with Crippen LogP contribution < -0.4 is 0 Å². The van der Waals surface area contributed by atoms with Gasteiger partial charge < -0.3 is 10.2 Å². The first-order chi connectivity index (χ1) is 10.5. The summed E-state index contributed by atoms with van der Waals surface area (Å²) in [5.41, 5.74) is -3.34. The first-order valence-corrected chi connectivity index (χ1v) is 8.05. The van der Waals surface area contributed by atoms with Crippen LogP contribution in [0.25, 0.3) is 0 Å². The number of carbonyl (C=O) groups is 1. The minimum atomic E-state index is -4.83. The van der Waals surface area contributed by atoms with E-state index in [9.17, 15) is 31.5 Å². The average Bonchev–Trinajstić information content (AvgIpc) is 2.46. The number of alkyl halides is 3. The fourth-order valence-corrected chi connectivity index (χ4v) is 4.03. The number of benzene rings is 1. The lowest BCUT2D eigenvalue weighted by Gasteiger charge is -2.34. The van der Waals surface area contributed by atoms with Gasteiger partial charge in [0.05, 0.1) is 10.5 Å². The van der Waals surface area contributed by atoms with Crippen molar-refractivity contribution in [2.75, 3.05) is 13.1 Å². The molecule has 1 fully saturated rings. The van der Waals surface area contributed by atoms with Gasteiger partial charge in [-0.2, -0.15) is 17.5 Å². The van der Waals surface area contributed by atoms with Crippen molar-refractivity contribution in [2.45, 2.75) is 29.5 Å². The molecule has 0 aromatic heterocycles. The monoisotopic (exact) mass is 353 g/mol. The van der Waals surface area contributed by atoms with Crippen LogP contribution in [0.1, 0.15) is 18.4 Å². The van der Waals surface area contributed by atoms with Gasteiger partial charge in [0.25, 0.3) is 0 Å². The zero-order chi connectivity index (χ0) is 17.5. The van der Waals surface area contributed by atoms with E-state index in [1.165, 1.54) is 6.07 Å². The van der Waals surface area contributed by atoms with Crippen molar-refractivity contribution in [1.29, 1.82) is 0 Å². The minimum Gasteiger partial charge on any atom is -0.479 e. The van der Waals surface area contributed by atoms with Crippen LogP contribution in [0, 0.1) is 0 Å². The second kappa shape index (κ2) is 5.77. The van der Waals surface area contributed by atoms with Gasteiger partial charge in [-0.3, -0.25) is 0 Å². The average molecular weight is 353 g/mol. The Hall–Kier alpha value is -1.65. The third-order valence-corrected chi connectivity index (χ3v) is 5.71. The molecule has 0 aliphatic carbocycles. The van der Waals surface area contributed by atoms with Crippen LogP contribution in [0.5, 0.6) is 0 Å². The summed E-state index contributed by atoms with van der Waals surface area (Å²) in [4.78, 5) is 10.0. The summed E-state index contributed by atoms with van der Waals surface area (Å²) >= 11 is 0. The third-order valence-electron chi connectivity index (χ3n) is 3.76. The molecule has 1 heterocycles. The van der Waals surface area contributed by atoms with E-state index >= 15 is 0 Å². The number of carboxylic acid groups (broad SMARTS) is 1. The van der Waals surface area contributed by atoms with E-state index in [0.717, 1.165) is 16.4 Å². The zero-order valence-electron chi connectivity index (χ0n) is 11.7. The van der Waals surface area contributed by atoms with E-state index in [2.05, 4.69) is 0 Å². The molecule has 128 valence electrons. The SMILES string of the molecule is O=C(O)C1(O)CCN(S(=O)(=O)c2ccccc2C(F)(F)F)CC1. The van der Waals surface area contributed by atoms with Crippen molar-refractivity contribution in [3.05, 3.63) is 29.8 Å². The molecular weight excluding hydrogens is 339 g/mol. The lowest BCUT2D eigenvalue weighted by atomic mass is 9.93. The fraction of sp³-hybridized carbons (Fsp3) is 0.462. The molecule has 6 nitrogen and oxygen atoms in total. The first kappa shape index (κ1) is 17.7. The number of sulfonamides is 1. The highest BCUT2D eigenvalue weighted by atomic mass is 32.2. The Morgan fingerprint density at radius 1 is 1.17 bits per heavy atom. The highest BCUT2D eigenvalue weighted by Crippen LogP contribution is 2.36. The molecule has 1 aromatic carbocycles. The first-order valence-electron chi connectivity index (χ1n) is 6.61. The second-order valence-corrected chi connectivity index (χ2v) is 7.14. The molecule has 10 heteroatoms. The van der Waals surface area contributed by atoms with Crippen LogP contribution in [-0.4, -0.2) is 47.6 Å². The molecule has 0 saturated carbocycles. The minimum absolute atomic E-state index is 0.378. The smallest absolute Gasteiger partial charge is 0.417 e. The molecule has 0 spiro atoms. The van der Waals surface area contributed by atoms with Gasteiger partial charge in [-0.15, -0.1) is 0 Å². The summed E-state index contributed by atoms with van der Waals surface area (Å²) in [5, 5.41) is 18.7. The number of rotatable bonds is 3. The van der Waals surface area contributed by atoms with E-state index < -0.39 is 51.1 Å². The highest BCUT2D eigenvalue weighted by molar-refractivity contribution is 7.89. The molecule has 2 rings (SSSR count). The Morgan fingerprint density at radius 3 is 2.17 bits per heavy atom. The molecule has 2 N–H and O–H groups in total. The van der Waals surface area contributed by atoms with Crippen LogP contribution in [-0.2, 0) is 21.0 Å². The van der Waals surface area contributed by atoms with Crippen LogP contribution >= 0.6 is 0 Å². The van der Waals surface area contributed by atoms with Gasteiger partial charge in [0.2, 0.25) is 10.0 Å². The molecule has 23 heavy (non-hydrogen) atoms. The number of aliphatic hydroxyl groups is 1. The maximum absolute atomic E-state index is 13.0. The van der Waals surface area contributed by atoms with E-state index in [1.54, 1.807) is 0 Å². The molecule has 0 amide bonds. The molecule has 1 saturated heterocycles. The summed E-state index contributed by atoms with van der Waals surface area (Å²) in [6.45, 7) is -0.755. The van der Waals surface area contributed by atoms with Crippen LogP contribution in [0.3, 0.4) is 0 Å². The number of hydrogen-bond acceptors (Lipinski definition) is 4. The Labute approximate surface area is 130 Å². The molecule has 1 aromatic rings. The third kappa shape index (κ3) is 3.33. The van der Waals surface area contributed by atoms with Gasteiger partial charge in [0, 0.05) is 25.9 Å². The summed E-state index contributed by atoms with van der Waals surface area (Å²) in [6, 6.07) is 3.79. The molecule has 1 aliphatic rings. The topological polar surface area (TPSA) is 94.9 Å². The quantitative estimate of drug-likeness (QED) is 0.854. The Balaban J connectivity index is 2.34. The molecular formula is C13H14F3NO5S. The second-order valence-electron chi connectivity index (χ2n) is 5.23. The van der Waals surface area contributed by atoms with E-state index in [1.807, 2.05) is 0 Å². The van der Waals surface area contributed by atoms with Gasteiger partial charge in [-0.05, 0) is 12.1 Å². The largest absolute Gasteiger partial charge is 0.479 e. The number of aliphatic carboxylic acids is 1. The van der Waals surface area contributed by atoms with Crippen molar-refractivity contribution in [1.82, 2.24) is 4.31 Å². The van der Waals surface area contributed by atoms with Gasteiger partial charge in [0.1, 0.15) is 0 Å². The van der Waals surface area contributed by atoms with Crippen molar-refractivity contribution in [3.63, 3.8) is 0 Å². The van der Waals surface area contributed by atoms with Crippen molar-refractivity contribution < 1.29 is 36.6 Å². The molecule has 1 aliphatic heterocycles. The van der Waals surface area contributed by atoms with Gasteiger partial charge in [-0.1, -0.05) is 12.1 Å². The number of piperidine rings is 1. The number of nitrogens with zero attached hydrogens (tertiary/aromatic N) is 1. The van der Waals surface area contributed by atoms with Gasteiger partial charge >= 0.3 is 12.1 Å². The predicted molar refractivity (Wildman–Crippen MR) is 72.0 cm³/mol. The van der Waals surface area contributed by atoms with Crippen molar-refractivity contribution >= 4 is 16.0 Å². The number of hydrogen-bond donors (Lipinski definition) is 2. The lowest BCUT2D eigenvalue weighted by molar-refractivity contribution is -0.162. The number of carboxylic acids is 1. The maximum atomic E-state index is 13.0. The van der Waals surface area contributed by atoms with Gasteiger partial charge in [0.15, 0.2) is 5.60 Å². The van der Waals surface area contributed by atoms with Crippen LogP contribution in [0.15, 0.2) is 29.2 Å². The standard InChI is InChI=1S/C13H14F3NO5S/c14-13(15,16)9-3-1-2-4-10(9)23(21,22)17-7-5-12(20,6-8-17)11(18)19/h1-4,20H,5-8H2,(H,18,19). The molecule has 0 radical (unpaired) electrons. The Kier molecular flexibility index (Phi) is 4.44. The Bertz CT molecular complexity index is 709. The van der Waals surface area contributed by atoms with Crippen LogP contribution in [0.2, 0.25) is 0 Å². The van der Waals surface area contributed by atoms with Crippen molar-refractivity contribution in [3.8, 4) is 0 Å². The highest BCUT2D eigenvalue weighted by Gasteiger charge is 2.44. The summed E-state index contributed by atoms with van der Waals surface area (Å²) < 4.78 is 64.5. The summed E-state index contributed by atoms with van der Waals surface area (Å²) in [6.07, 6.45) is -5.62. The summed E-state index contributed by atoms with van der Waals surface area (Å²) in [5.74, 6) is -1.48. The van der Waals surface area contributed by atoms with Gasteiger partial charge in [-0.25, -0.2) is 13.2 Å². The maximum Gasteiger partial charge on any atom is 0.417 e. The van der Waals surface area contributed by atoms with Crippen molar-refractivity contribution in [2.24, 2.45) is 0 Å². The zero-order valence-corrected chi connectivity index (χ0v) is 12.6. The predicted octanol–water partition coefficient (Wildman–Crippen LogP) is 1.31. The normalized spacial score (nSPS) is 19.5. The lowest BCUT2D eigenvalue weighted by Crippen LogP contribution is -2.50. The van der Waals surface area contributed by atoms with Crippen LogP contribution in [0.4, 0.5) is 13.2 Å². The van der Waals surface area contributed by atoms with E-state index in [-0.39, 0.29) is 13.1 Å². The number of halogens is 3. The Morgan fingerprint density at radius 2 is 1.70 bits per heavy atom. The summed E-state index contributed by atoms with van der Waals surface area (Å²) in [7, 11) is -4.44. The molecule has 0 bridgehead atoms. The molecule has 0 unspecified atom stereocenters. The fourth-order valence-electron chi connectivity index (χ4n) is 2.38.